The van der Waals surface area contributed by atoms with Gasteiger partial charge in [0.05, 0.1) is 19.4 Å². The van der Waals surface area contributed by atoms with Gasteiger partial charge < -0.3 is 14.8 Å². The van der Waals surface area contributed by atoms with Crippen molar-refractivity contribution in [3.8, 4) is 11.5 Å². The van der Waals surface area contributed by atoms with Crippen molar-refractivity contribution in [3.63, 3.8) is 0 Å². The molecule has 0 radical (unpaired) electrons. The molecule has 0 bridgehead atoms. The first-order chi connectivity index (χ1) is 11.9. The molecule has 1 N–H and O–H groups in total. The first kappa shape index (κ1) is 18.8. The summed E-state index contributed by atoms with van der Waals surface area (Å²) >= 11 is 0. The standard InChI is InChI=1S/C19H27N3O3/c1-6-25-18-10-16(7-8-17(18)24-5)19(23)20-11-13(2)12-22-15(4)9-14(3)21-22/h7-10,13H,6,11-12H2,1-5H3,(H,20,23)/t13-/m1/s1. The lowest BCUT2D eigenvalue weighted by atomic mass is 10.1. The highest BCUT2D eigenvalue weighted by atomic mass is 16.5. The van der Waals surface area contributed by atoms with Crippen LogP contribution in [0.3, 0.4) is 0 Å². The predicted molar refractivity (Wildman–Crippen MR) is 97.4 cm³/mol. The van der Waals surface area contributed by atoms with Gasteiger partial charge in [-0.3, -0.25) is 9.48 Å². The molecule has 0 saturated carbocycles. The Morgan fingerprint density at radius 1 is 1.28 bits per heavy atom. The van der Waals surface area contributed by atoms with Gasteiger partial charge in [0, 0.05) is 24.3 Å². The predicted octanol–water partition coefficient (Wildman–Crippen LogP) is 2.97. The average Bonchev–Trinajstić information content (AvgIpc) is 2.90. The van der Waals surface area contributed by atoms with Crippen molar-refractivity contribution in [1.82, 2.24) is 15.1 Å². The number of benzene rings is 1. The van der Waals surface area contributed by atoms with E-state index in [4.69, 9.17) is 9.47 Å². The number of aromatic nitrogens is 2. The number of carbonyl (C=O) groups is 1. The van der Waals surface area contributed by atoms with Crippen LogP contribution in [0.2, 0.25) is 0 Å². The van der Waals surface area contributed by atoms with Gasteiger partial charge in [-0.05, 0) is 51.0 Å². The molecule has 0 saturated heterocycles. The van der Waals surface area contributed by atoms with Crippen LogP contribution in [-0.2, 0) is 6.54 Å². The summed E-state index contributed by atoms with van der Waals surface area (Å²) in [4.78, 5) is 12.4. The Labute approximate surface area is 149 Å². The molecule has 0 unspecified atom stereocenters. The zero-order valence-corrected chi connectivity index (χ0v) is 15.6. The minimum absolute atomic E-state index is 0.121. The number of methoxy groups -OCH3 is 1. The van der Waals surface area contributed by atoms with Crippen LogP contribution < -0.4 is 14.8 Å². The Hall–Kier alpha value is -2.50. The van der Waals surface area contributed by atoms with Crippen LogP contribution >= 0.6 is 0 Å². The van der Waals surface area contributed by atoms with Gasteiger partial charge in [0.15, 0.2) is 11.5 Å². The van der Waals surface area contributed by atoms with Crippen LogP contribution in [0.1, 0.15) is 35.6 Å². The number of nitrogens with one attached hydrogen (secondary N) is 1. The van der Waals surface area contributed by atoms with Crippen molar-refractivity contribution in [2.45, 2.75) is 34.2 Å². The molecular formula is C19H27N3O3. The van der Waals surface area contributed by atoms with Crippen molar-refractivity contribution in [2.24, 2.45) is 5.92 Å². The fourth-order valence-electron chi connectivity index (χ4n) is 2.67. The molecule has 0 aliphatic rings. The number of nitrogens with zero attached hydrogens (tertiary/aromatic N) is 2. The van der Waals surface area contributed by atoms with Gasteiger partial charge in [0.2, 0.25) is 0 Å². The highest BCUT2D eigenvalue weighted by Gasteiger charge is 2.13. The molecule has 25 heavy (non-hydrogen) atoms. The minimum Gasteiger partial charge on any atom is -0.493 e. The molecule has 1 aromatic carbocycles. The molecule has 0 spiro atoms. The van der Waals surface area contributed by atoms with E-state index in [1.807, 2.05) is 25.5 Å². The SMILES string of the molecule is CCOc1cc(C(=O)NC[C@@H](C)Cn2nc(C)cc2C)ccc1OC. The zero-order valence-electron chi connectivity index (χ0n) is 15.6. The minimum atomic E-state index is -0.121. The molecule has 0 aliphatic carbocycles. The third-order valence-electron chi connectivity index (χ3n) is 3.92. The lowest BCUT2D eigenvalue weighted by Gasteiger charge is -2.15. The Morgan fingerprint density at radius 3 is 2.64 bits per heavy atom. The molecule has 6 nitrogen and oxygen atoms in total. The highest BCUT2D eigenvalue weighted by molar-refractivity contribution is 5.94. The summed E-state index contributed by atoms with van der Waals surface area (Å²) in [7, 11) is 1.58. The van der Waals surface area contributed by atoms with E-state index in [2.05, 4.69) is 23.4 Å². The van der Waals surface area contributed by atoms with Gasteiger partial charge in [-0.1, -0.05) is 6.92 Å². The van der Waals surface area contributed by atoms with E-state index in [0.29, 0.717) is 30.2 Å². The first-order valence-corrected chi connectivity index (χ1v) is 8.54. The van der Waals surface area contributed by atoms with Crippen molar-refractivity contribution in [1.29, 1.82) is 0 Å². The van der Waals surface area contributed by atoms with Crippen LogP contribution in [0.25, 0.3) is 0 Å². The lowest BCUT2D eigenvalue weighted by Crippen LogP contribution is -2.30. The number of aryl methyl sites for hydroxylation is 2. The van der Waals surface area contributed by atoms with E-state index >= 15 is 0 Å². The Balaban J connectivity index is 1.95. The van der Waals surface area contributed by atoms with E-state index < -0.39 is 0 Å². The highest BCUT2D eigenvalue weighted by Crippen LogP contribution is 2.28. The molecule has 2 aromatic rings. The maximum Gasteiger partial charge on any atom is 0.251 e. The zero-order chi connectivity index (χ0) is 18.4. The third kappa shape index (κ3) is 4.98. The summed E-state index contributed by atoms with van der Waals surface area (Å²) in [5, 5.41) is 7.44. The van der Waals surface area contributed by atoms with Gasteiger partial charge >= 0.3 is 0 Å². The van der Waals surface area contributed by atoms with Crippen LogP contribution in [0, 0.1) is 19.8 Å². The molecule has 0 aliphatic heterocycles. The maximum absolute atomic E-state index is 12.4. The molecule has 1 heterocycles. The quantitative estimate of drug-likeness (QED) is 0.799. The second-order valence-corrected chi connectivity index (χ2v) is 6.22. The fraction of sp³-hybridized carbons (Fsp3) is 0.474. The van der Waals surface area contributed by atoms with Crippen molar-refractivity contribution in [2.75, 3.05) is 20.3 Å². The summed E-state index contributed by atoms with van der Waals surface area (Å²) < 4.78 is 12.7. The second-order valence-electron chi connectivity index (χ2n) is 6.22. The van der Waals surface area contributed by atoms with Crippen molar-refractivity contribution >= 4 is 5.91 Å². The Kier molecular flexibility index (Phi) is 6.44. The van der Waals surface area contributed by atoms with Gasteiger partial charge in [0.25, 0.3) is 5.91 Å². The molecule has 6 heteroatoms. The summed E-state index contributed by atoms with van der Waals surface area (Å²) in [5.74, 6) is 1.35. The Bertz CT molecular complexity index is 725. The molecule has 1 atom stereocenters. The number of hydrogen-bond donors (Lipinski definition) is 1. The monoisotopic (exact) mass is 345 g/mol. The van der Waals surface area contributed by atoms with Crippen LogP contribution in [0.15, 0.2) is 24.3 Å². The number of rotatable bonds is 8. The third-order valence-corrected chi connectivity index (χ3v) is 3.92. The summed E-state index contributed by atoms with van der Waals surface area (Å²) in [6.07, 6.45) is 0. The van der Waals surface area contributed by atoms with Gasteiger partial charge in [-0.2, -0.15) is 5.10 Å². The second kappa shape index (κ2) is 8.55. The number of ether oxygens (including phenoxy) is 2. The smallest absolute Gasteiger partial charge is 0.251 e. The largest absolute Gasteiger partial charge is 0.493 e. The normalized spacial score (nSPS) is 11.9. The Morgan fingerprint density at radius 2 is 2.04 bits per heavy atom. The summed E-state index contributed by atoms with van der Waals surface area (Å²) in [6, 6.07) is 7.25. The molecule has 0 fully saturated rings. The van der Waals surface area contributed by atoms with Crippen molar-refractivity contribution in [3.05, 3.63) is 41.2 Å². The molecular weight excluding hydrogens is 318 g/mol. The van der Waals surface area contributed by atoms with E-state index in [1.54, 1.807) is 25.3 Å². The molecule has 1 amide bonds. The van der Waals surface area contributed by atoms with Gasteiger partial charge in [-0.25, -0.2) is 0 Å². The number of amides is 1. The molecule has 136 valence electrons. The van der Waals surface area contributed by atoms with Crippen LogP contribution in [0.4, 0.5) is 0 Å². The van der Waals surface area contributed by atoms with E-state index in [-0.39, 0.29) is 11.8 Å². The lowest BCUT2D eigenvalue weighted by molar-refractivity contribution is 0.0946. The number of hydrogen-bond acceptors (Lipinski definition) is 4. The topological polar surface area (TPSA) is 65.4 Å². The van der Waals surface area contributed by atoms with Crippen LogP contribution in [0.5, 0.6) is 11.5 Å². The first-order valence-electron chi connectivity index (χ1n) is 8.54. The van der Waals surface area contributed by atoms with E-state index in [0.717, 1.165) is 17.9 Å². The maximum atomic E-state index is 12.4. The number of carbonyl (C=O) groups excluding carboxylic acids is 1. The van der Waals surface area contributed by atoms with Gasteiger partial charge in [-0.15, -0.1) is 0 Å². The van der Waals surface area contributed by atoms with Gasteiger partial charge in [0.1, 0.15) is 0 Å². The van der Waals surface area contributed by atoms with E-state index in [9.17, 15) is 4.79 Å². The molecule has 2 rings (SSSR count). The average molecular weight is 345 g/mol. The summed E-state index contributed by atoms with van der Waals surface area (Å²) in [6.45, 7) is 9.87. The fourth-order valence-corrected chi connectivity index (χ4v) is 2.67. The van der Waals surface area contributed by atoms with E-state index in [1.165, 1.54) is 0 Å². The molecule has 1 aromatic heterocycles. The summed E-state index contributed by atoms with van der Waals surface area (Å²) in [5.41, 5.74) is 2.70. The van der Waals surface area contributed by atoms with Crippen LogP contribution in [-0.4, -0.2) is 35.9 Å². The van der Waals surface area contributed by atoms with Crippen molar-refractivity contribution < 1.29 is 14.3 Å².